The first-order valence-electron chi connectivity index (χ1n) is 7.57. The molecular weight excluding hydrogens is 343 g/mol. The van der Waals surface area contributed by atoms with Crippen LogP contribution in [0.1, 0.15) is 24.2 Å². The van der Waals surface area contributed by atoms with Gasteiger partial charge in [0.2, 0.25) is 0 Å². The molecule has 0 atom stereocenters. The Morgan fingerprint density at radius 1 is 1.26 bits per heavy atom. The van der Waals surface area contributed by atoms with Gasteiger partial charge in [-0.15, -0.1) is 24.8 Å². The van der Waals surface area contributed by atoms with Crippen LogP contribution in [0.4, 0.5) is 4.79 Å². The summed E-state index contributed by atoms with van der Waals surface area (Å²) in [7, 11) is 0. The SMILES string of the molecule is Cl.Cl.O=C1OCC2(CCN(Cc3cc4n(n3)CCNC4)CC2)O1. The van der Waals surface area contributed by atoms with Gasteiger partial charge in [-0.25, -0.2) is 4.79 Å². The number of likely N-dealkylation sites (tertiary alicyclic amines) is 1. The van der Waals surface area contributed by atoms with Crippen LogP contribution in [0, 0.1) is 0 Å². The van der Waals surface area contributed by atoms with E-state index in [-0.39, 0.29) is 30.4 Å². The lowest BCUT2D eigenvalue weighted by Crippen LogP contribution is -2.45. The van der Waals surface area contributed by atoms with Gasteiger partial charge in [-0.1, -0.05) is 0 Å². The summed E-state index contributed by atoms with van der Waals surface area (Å²) in [5.41, 5.74) is 2.03. The zero-order chi connectivity index (χ0) is 14.3. The number of carbonyl (C=O) groups excluding carboxylic acids is 1. The largest absolute Gasteiger partial charge is 0.509 e. The third-order valence-corrected chi connectivity index (χ3v) is 4.63. The fourth-order valence-electron chi connectivity index (χ4n) is 3.35. The molecule has 3 aliphatic rings. The predicted octanol–water partition coefficient (Wildman–Crippen LogP) is 1.33. The fourth-order valence-corrected chi connectivity index (χ4v) is 3.35. The second-order valence-electron chi connectivity index (χ2n) is 6.13. The summed E-state index contributed by atoms with van der Waals surface area (Å²) in [5.74, 6) is 0. The average molecular weight is 365 g/mol. The van der Waals surface area contributed by atoms with Crippen molar-refractivity contribution in [3.63, 3.8) is 0 Å². The Labute approximate surface area is 147 Å². The van der Waals surface area contributed by atoms with Gasteiger partial charge in [0.05, 0.1) is 17.9 Å². The van der Waals surface area contributed by atoms with E-state index in [1.54, 1.807) is 0 Å². The maximum absolute atomic E-state index is 11.1. The molecule has 0 bridgehead atoms. The van der Waals surface area contributed by atoms with Crippen molar-refractivity contribution in [2.45, 2.75) is 38.1 Å². The lowest BCUT2D eigenvalue weighted by Gasteiger charge is -2.35. The molecule has 2 fully saturated rings. The lowest BCUT2D eigenvalue weighted by atomic mass is 9.92. The van der Waals surface area contributed by atoms with Crippen LogP contribution in [0.25, 0.3) is 0 Å². The quantitative estimate of drug-likeness (QED) is 0.798. The molecule has 0 unspecified atom stereocenters. The van der Waals surface area contributed by atoms with Crippen molar-refractivity contribution in [2.75, 3.05) is 26.2 Å². The van der Waals surface area contributed by atoms with Crippen LogP contribution in [0.2, 0.25) is 0 Å². The molecule has 7 nitrogen and oxygen atoms in total. The number of fused-ring (bicyclic) bond motifs is 1. The smallest absolute Gasteiger partial charge is 0.430 e. The number of piperidine rings is 1. The summed E-state index contributed by atoms with van der Waals surface area (Å²) in [6.45, 7) is 5.95. The average Bonchev–Trinajstić information content (AvgIpc) is 3.05. The van der Waals surface area contributed by atoms with Crippen LogP contribution in [-0.2, 0) is 29.1 Å². The summed E-state index contributed by atoms with van der Waals surface area (Å²) in [6.07, 6.45) is 1.17. The van der Waals surface area contributed by atoms with Gasteiger partial charge in [0, 0.05) is 45.6 Å². The molecule has 1 aromatic rings. The van der Waals surface area contributed by atoms with Crippen LogP contribution in [0.15, 0.2) is 6.07 Å². The first-order chi connectivity index (χ1) is 10.2. The number of nitrogens with zero attached hydrogens (tertiary/aromatic N) is 3. The topological polar surface area (TPSA) is 68.6 Å². The molecule has 1 spiro atoms. The standard InChI is InChI=1S/C14H20N4O3.2ClH/c19-13-20-10-14(21-13)1-4-17(5-2-14)9-11-7-12-8-15-3-6-18(12)16-11;;/h7,15H,1-6,8-10H2;2*1H. The van der Waals surface area contributed by atoms with Gasteiger partial charge in [-0.3, -0.25) is 9.58 Å². The number of aromatic nitrogens is 2. The maximum atomic E-state index is 11.1. The van der Waals surface area contributed by atoms with Crippen molar-refractivity contribution in [1.29, 1.82) is 0 Å². The van der Waals surface area contributed by atoms with Crippen molar-refractivity contribution >= 4 is 31.0 Å². The first kappa shape index (κ1) is 18.3. The normalized spacial score (nSPS) is 22.5. The van der Waals surface area contributed by atoms with E-state index in [1.165, 1.54) is 5.69 Å². The summed E-state index contributed by atoms with van der Waals surface area (Å²) in [4.78, 5) is 13.5. The molecule has 1 N–H and O–H groups in total. The van der Waals surface area contributed by atoms with Gasteiger partial charge in [0.25, 0.3) is 0 Å². The van der Waals surface area contributed by atoms with E-state index >= 15 is 0 Å². The van der Waals surface area contributed by atoms with E-state index in [0.29, 0.717) is 6.61 Å². The van der Waals surface area contributed by atoms with Gasteiger partial charge in [-0.2, -0.15) is 5.10 Å². The molecule has 0 aromatic carbocycles. The molecule has 1 aromatic heterocycles. The molecular formula is C14H22Cl2N4O3. The van der Waals surface area contributed by atoms with Gasteiger partial charge in [-0.05, 0) is 6.07 Å². The number of ether oxygens (including phenoxy) is 2. The van der Waals surface area contributed by atoms with Crippen LogP contribution in [-0.4, -0.2) is 52.7 Å². The Bertz CT molecular complexity index is 535. The zero-order valence-corrected chi connectivity index (χ0v) is 14.5. The second-order valence-corrected chi connectivity index (χ2v) is 6.13. The molecule has 4 heterocycles. The number of nitrogens with one attached hydrogen (secondary N) is 1. The van der Waals surface area contributed by atoms with E-state index in [4.69, 9.17) is 9.47 Å². The van der Waals surface area contributed by atoms with Crippen LogP contribution in [0.3, 0.4) is 0 Å². The third-order valence-electron chi connectivity index (χ3n) is 4.63. The number of cyclic esters (lactones) is 1. The zero-order valence-electron chi connectivity index (χ0n) is 12.8. The first-order valence-corrected chi connectivity index (χ1v) is 7.57. The summed E-state index contributed by atoms with van der Waals surface area (Å²) >= 11 is 0. The number of rotatable bonds is 2. The number of halogens is 2. The third kappa shape index (κ3) is 3.74. The van der Waals surface area contributed by atoms with Crippen molar-refractivity contribution < 1.29 is 14.3 Å². The van der Waals surface area contributed by atoms with Gasteiger partial charge < -0.3 is 14.8 Å². The molecule has 23 heavy (non-hydrogen) atoms. The molecule has 4 rings (SSSR count). The minimum atomic E-state index is -0.516. The second kappa shape index (κ2) is 7.25. The van der Waals surface area contributed by atoms with E-state index in [2.05, 4.69) is 26.1 Å². The van der Waals surface area contributed by atoms with Crippen LogP contribution >= 0.6 is 24.8 Å². The van der Waals surface area contributed by atoms with Crippen LogP contribution in [0.5, 0.6) is 0 Å². The maximum Gasteiger partial charge on any atom is 0.509 e. The Morgan fingerprint density at radius 3 is 2.70 bits per heavy atom. The Balaban J connectivity index is 0.000000960. The Morgan fingerprint density at radius 2 is 2.04 bits per heavy atom. The Kier molecular flexibility index (Phi) is 5.78. The summed E-state index contributed by atoms with van der Waals surface area (Å²) in [6, 6.07) is 2.19. The van der Waals surface area contributed by atoms with Crippen molar-refractivity contribution in [2.24, 2.45) is 0 Å². The van der Waals surface area contributed by atoms with Gasteiger partial charge in [0.1, 0.15) is 6.61 Å². The van der Waals surface area contributed by atoms with Crippen molar-refractivity contribution in [1.82, 2.24) is 20.0 Å². The van der Waals surface area contributed by atoms with E-state index in [9.17, 15) is 4.79 Å². The monoisotopic (exact) mass is 364 g/mol. The van der Waals surface area contributed by atoms with E-state index in [0.717, 1.165) is 57.8 Å². The van der Waals surface area contributed by atoms with Crippen molar-refractivity contribution in [3.05, 3.63) is 17.5 Å². The van der Waals surface area contributed by atoms with E-state index < -0.39 is 6.16 Å². The highest BCUT2D eigenvalue weighted by Crippen LogP contribution is 2.32. The molecule has 2 saturated heterocycles. The molecule has 0 saturated carbocycles. The summed E-state index contributed by atoms with van der Waals surface area (Å²) < 4.78 is 12.4. The highest BCUT2D eigenvalue weighted by molar-refractivity contribution is 5.85. The van der Waals surface area contributed by atoms with Gasteiger partial charge >= 0.3 is 6.16 Å². The number of hydrogen-bond acceptors (Lipinski definition) is 6. The molecule has 0 aliphatic carbocycles. The number of carbonyl (C=O) groups is 1. The minimum Gasteiger partial charge on any atom is -0.430 e. The predicted molar refractivity (Wildman–Crippen MR) is 88.1 cm³/mol. The minimum absolute atomic E-state index is 0. The molecule has 0 amide bonds. The van der Waals surface area contributed by atoms with Gasteiger partial charge in [0.15, 0.2) is 5.60 Å². The highest BCUT2D eigenvalue weighted by atomic mass is 35.5. The number of hydrogen-bond donors (Lipinski definition) is 1. The van der Waals surface area contributed by atoms with Crippen LogP contribution < -0.4 is 5.32 Å². The highest BCUT2D eigenvalue weighted by Gasteiger charge is 2.44. The molecule has 3 aliphatic heterocycles. The molecule has 9 heteroatoms. The van der Waals surface area contributed by atoms with Crippen molar-refractivity contribution in [3.8, 4) is 0 Å². The lowest BCUT2D eigenvalue weighted by molar-refractivity contribution is -0.00193. The Hall–Kier alpha value is -1.02. The fraction of sp³-hybridized carbons (Fsp3) is 0.714. The molecule has 130 valence electrons. The van der Waals surface area contributed by atoms with E-state index in [1.807, 2.05) is 0 Å². The molecule has 0 radical (unpaired) electrons. The summed E-state index contributed by atoms with van der Waals surface area (Å²) in [5, 5.41) is 8.03.